The van der Waals surface area contributed by atoms with E-state index in [1.54, 1.807) is 6.07 Å². The first-order valence-electron chi connectivity index (χ1n) is 10.7. The highest BCUT2D eigenvalue weighted by Gasteiger charge is 2.25. The summed E-state index contributed by atoms with van der Waals surface area (Å²) in [5, 5.41) is 14.1. The molecule has 0 unspecified atom stereocenters. The van der Waals surface area contributed by atoms with Crippen LogP contribution >= 0.6 is 0 Å². The number of nitro benzene ring substituents is 1. The lowest BCUT2D eigenvalue weighted by molar-refractivity contribution is -0.384. The number of ether oxygens (including phenoxy) is 2. The number of hydrogen-bond donors (Lipinski definition) is 1. The molecular weight excluding hydrogens is 414 g/mol. The van der Waals surface area contributed by atoms with Gasteiger partial charge in [-0.25, -0.2) is 4.79 Å². The Bertz CT molecular complexity index is 1020. The molecule has 0 spiro atoms. The van der Waals surface area contributed by atoms with Crippen LogP contribution in [0, 0.1) is 10.1 Å². The molecule has 1 aliphatic carbocycles. The zero-order valence-electron chi connectivity index (χ0n) is 17.6. The molecule has 1 aliphatic heterocycles. The number of nitrogens with one attached hydrogen (secondary N) is 1. The number of aryl methyl sites for hydroxylation is 1. The molecule has 2 aromatic carbocycles. The Balaban J connectivity index is 1.44. The SMILES string of the molecule is O=C(COC(=O)c1cc([N+](=O)[O-])ccc1N1CCOCC1)N[C@@H]1CCCc2ccccc21. The van der Waals surface area contributed by atoms with E-state index in [4.69, 9.17) is 9.47 Å². The summed E-state index contributed by atoms with van der Waals surface area (Å²) in [7, 11) is 0. The van der Waals surface area contributed by atoms with Crippen molar-refractivity contribution in [2.24, 2.45) is 0 Å². The third-order valence-corrected chi connectivity index (χ3v) is 5.80. The summed E-state index contributed by atoms with van der Waals surface area (Å²) in [6.07, 6.45) is 2.77. The van der Waals surface area contributed by atoms with Gasteiger partial charge >= 0.3 is 5.97 Å². The smallest absolute Gasteiger partial charge is 0.341 e. The Hall–Kier alpha value is -3.46. The van der Waals surface area contributed by atoms with E-state index in [1.165, 1.54) is 17.7 Å². The molecule has 0 aromatic heterocycles. The average Bonchev–Trinajstić information content (AvgIpc) is 2.83. The number of hydrogen-bond acceptors (Lipinski definition) is 7. The van der Waals surface area contributed by atoms with Crippen molar-refractivity contribution in [1.29, 1.82) is 0 Å². The van der Waals surface area contributed by atoms with Crippen molar-refractivity contribution >= 4 is 23.3 Å². The van der Waals surface area contributed by atoms with E-state index in [0.717, 1.165) is 24.8 Å². The molecule has 0 radical (unpaired) electrons. The molecule has 32 heavy (non-hydrogen) atoms. The maximum Gasteiger partial charge on any atom is 0.341 e. The number of nitro groups is 1. The van der Waals surface area contributed by atoms with Gasteiger partial charge in [0.15, 0.2) is 6.61 Å². The minimum Gasteiger partial charge on any atom is -0.452 e. The molecule has 1 amide bonds. The monoisotopic (exact) mass is 439 g/mol. The average molecular weight is 439 g/mol. The highest BCUT2D eigenvalue weighted by atomic mass is 16.6. The maximum absolute atomic E-state index is 12.8. The van der Waals surface area contributed by atoms with Gasteiger partial charge < -0.3 is 19.7 Å². The summed E-state index contributed by atoms with van der Waals surface area (Å²) in [6, 6.07) is 12.0. The van der Waals surface area contributed by atoms with E-state index in [9.17, 15) is 19.7 Å². The molecule has 1 fully saturated rings. The molecule has 1 saturated heterocycles. The molecule has 2 aromatic rings. The van der Waals surface area contributed by atoms with Crippen molar-refractivity contribution in [1.82, 2.24) is 5.32 Å². The van der Waals surface area contributed by atoms with Gasteiger partial charge in [-0.3, -0.25) is 14.9 Å². The molecule has 9 nitrogen and oxygen atoms in total. The lowest BCUT2D eigenvalue weighted by atomic mass is 9.88. The minimum atomic E-state index is -0.769. The van der Waals surface area contributed by atoms with Gasteiger partial charge in [-0.2, -0.15) is 0 Å². The summed E-state index contributed by atoms with van der Waals surface area (Å²) in [4.78, 5) is 37.9. The Morgan fingerprint density at radius 1 is 1.19 bits per heavy atom. The lowest BCUT2D eigenvalue weighted by Gasteiger charge is -2.30. The third kappa shape index (κ3) is 4.88. The lowest BCUT2D eigenvalue weighted by Crippen LogP contribution is -2.37. The second kappa shape index (κ2) is 9.78. The van der Waals surface area contributed by atoms with E-state index in [2.05, 4.69) is 11.4 Å². The third-order valence-electron chi connectivity index (χ3n) is 5.80. The summed E-state index contributed by atoms with van der Waals surface area (Å²) >= 11 is 0. The van der Waals surface area contributed by atoms with E-state index >= 15 is 0 Å². The summed E-state index contributed by atoms with van der Waals surface area (Å²) in [5.74, 6) is -1.17. The number of esters is 1. The Morgan fingerprint density at radius 2 is 1.97 bits per heavy atom. The largest absolute Gasteiger partial charge is 0.452 e. The van der Waals surface area contributed by atoms with E-state index in [1.807, 2.05) is 23.1 Å². The molecule has 168 valence electrons. The first-order valence-corrected chi connectivity index (χ1v) is 10.7. The zero-order chi connectivity index (χ0) is 22.5. The van der Waals surface area contributed by atoms with Crippen LogP contribution in [-0.4, -0.2) is 49.7 Å². The fourth-order valence-corrected chi connectivity index (χ4v) is 4.23. The fourth-order valence-electron chi connectivity index (χ4n) is 4.23. The van der Waals surface area contributed by atoms with Crippen molar-refractivity contribution in [3.05, 3.63) is 69.3 Å². The Morgan fingerprint density at radius 3 is 2.75 bits per heavy atom. The van der Waals surface area contributed by atoms with Gasteiger partial charge in [0.2, 0.25) is 0 Å². The van der Waals surface area contributed by atoms with Crippen LogP contribution in [0.3, 0.4) is 0 Å². The molecule has 1 heterocycles. The predicted molar refractivity (Wildman–Crippen MR) is 117 cm³/mol. The standard InChI is InChI=1S/C23H25N3O6/c27-22(24-20-7-3-5-16-4-1-2-6-18(16)20)15-32-23(28)19-14-17(26(29)30)8-9-21(19)25-10-12-31-13-11-25/h1-2,4,6,8-9,14,20H,3,5,7,10-13,15H2,(H,24,27)/t20-/m1/s1. The predicted octanol–water partition coefficient (Wildman–Crippen LogP) is 2.78. The number of morpholine rings is 1. The van der Waals surface area contributed by atoms with E-state index in [0.29, 0.717) is 32.0 Å². The first-order chi connectivity index (χ1) is 15.5. The van der Waals surface area contributed by atoms with Gasteiger partial charge in [-0.1, -0.05) is 24.3 Å². The van der Waals surface area contributed by atoms with Crippen LogP contribution in [0.5, 0.6) is 0 Å². The Kier molecular flexibility index (Phi) is 6.65. The second-order valence-corrected chi connectivity index (χ2v) is 7.85. The molecule has 1 N–H and O–H groups in total. The highest BCUT2D eigenvalue weighted by Crippen LogP contribution is 2.30. The zero-order valence-corrected chi connectivity index (χ0v) is 17.6. The molecule has 9 heteroatoms. The summed E-state index contributed by atoms with van der Waals surface area (Å²) in [5.41, 5.74) is 2.69. The number of non-ortho nitro benzene ring substituents is 1. The van der Waals surface area contributed by atoms with Crippen LogP contribution in [0.25, 0.3) is 0 Å². The van der Waals surface area contributed by atoms with E-state index in [-0.39, 0.29) is 17.3 Å². The maximum atomic E-state index is 12.8. The highest BCUT2D eigenvalue weighted by molar-refractivity contribution is 5.97. The van der Waals surface area contributed by atoms with E-state index < -0.39 is 23.4 Å². The number of benzene rings is 2. The molecular formula is C23H25N3O6. The molecule has 0 bridgehead atoms. The van der Waals surface area contributed by atoms with Crippen LogP contribution in [0.15, 0.2) is 42.5 Å². The van der Waals surface area contributed by atoms with Crippen molar-refractivity contribution < 1.29 is 24.0 Å². The number of nitrogens with zero attached hydrogens (tertiary/aromatic N) is 2. The number of fused-ring (bicyclic) bond motifs is 1. The summed E-state index contributed by atoms with van der Waals surface area (Å²) in [6.45, 7) is 1.65. The van der Waals surface area contributed by atoms with Crippen molar-refractivity contribution in [2.75, 3.05) is 37.8 Å². The van der Waals surface area contributed by atoms with Crippen molar-refractivity contribution in [2.45, 2.75) is 25.3 Å². The molecule has 0 saturated carbocycles. The number of carbonyl (C=O) groups is 2. The van der Waals surface area contributed by atoms with Crippen molar-refractivity contribution in [3.8, 4) is 0 Å². The molecule has 2 aliphatic rings. The summed E-state index contributed by atoms with van der Waals surface area (Å²) < 4.78 is 10.6. The van der Waals surface area contributed by atoms with Crippen LogP contribution < -0.4 is 10.2 Å². The van der Waals surface area contributed by atoms with Gasteiger partial charge in [0.1, 0.15) is 0 Å². The molecule has 4 rings (SSSR count). The number of carbonyl (C=O) groups excluding carboxylic acids is 2. The van der Waals surface area contributed by atoms with Gasteiger partial charge in [-0.15, -0.1) is 0 Å². The number of amides is 1. The fraction of sp³-hybridized carbons (Fsp3) is 0.391. The van der Waals surface area contributed by atoms with Gasteiger partial charge in [-0.05, 0) is 36.5 Å². The van der Waals surface area contributed by atoms with Gasteiger partial charge in [0, 0.05) is 25.2 Å². The van der Waals surface area contributed by atoms with Crippen LogP contribution in [0.4, 0.5) is 11.4 Å². The van der Waals surface area contributed by atoms with Crippen LogP contribution in [0.1, 0.15) is 40.4 Å². The van der Waals surface area contributed by atoms with Crippen LogP contribution in [0.2, 0.25) is 0 Å². The number of rotatable bonds is 6. The second-order valence-electron chi connectivity index (χ2n) is 7.85. The molecule has 1 atom stereocenters. The number of anilines is 1. The minimum absolute atomic E-state index is 0.0666. The van der Waals surface area contributed by atoms with Gasteiger partial charge in [0.05, 0.1) is 35.4 Å². The normalized spacial score (nSPS) is 17.9. The topological polar surface area (TPSA) is 111 Å². The quantitative estimate of drug-likeness (QED) is 0.419. The Labute approximate surface area is 185 Å². The van der Waals surface area contributed by atoms with Crippen molar-refractivity contribution in [3.63, 3.8) is 0 Å². The van der Waals surface area contributed by atoms with Crippen LogP contribution in [-0.2, 0) is 20.7 Å². The first kappa shape index (κ1) is 21.8. The van der Waals surface area contributed by atoms with Gasteiger partial charge in [0.25, 0.3) is 11.6 Å².